The Morgan fingerprint density at radius 2 is 2.30 bits per heavy atom. The zero-order chi connectivity index (χ0) is 14.1. The van der Waals surface area contributed by atoms with Gasteiger partial charge in [0.2, 0.25) is 5.91 Å². The average molecular weight is 293 g/mol. The Morgan fingerprint density at radius 1 is 1.45 bits per heavy atom. The van der Waals surface area contributed by atoms with Crippen LogP contribution in [0.5, 0.6) is 0 Å². The summed E-state index contributed by atoms with van der Waals surface area (Å²) in [7, 11) is 0. The highest BCUT2D eigenvalue weighted by molar-refractivity contribution is 6.33. The molecule has 0 radical (unpaired) electrons. The van der Waals surface area contributed by atoms with E-state index in [4.69, 9.17) is 16.3 Å². The van der Waals surface area contributed by atoms with Crippen molar-refractivity contribution in [3.8, 4) is 11.1 Å². The number of ether oxygens (including phenoxy) is 1. The Hall–Kier alpha value is -1.92. The van der Waals surface area contributed by atoms with E-state index in [0.717, 1.165) is 23.4 Å². The molecule has 2 aromatic heterocycles. The molecule has 0 aliphatic carbocycles. The second kappa shape index (κ2) is 5.22. The molecule has 0 saturated heterocycles. The van der Waals surface area contributed by atoms with Gasteiger partial charge >= 0.3 is 0 Å². The second-order valence-corrected chi connectivity index (χ2v) is 4.92. The summed E-state index contributed by atoms with van der Waals surface area (Å²) in [5.41, 5.74) is 2.68. The number of rotatable bonds is 2. The minimum atomic E-state index is -0.175. The van der Waals surface area contributed by atoms with Crippen LogP contribution in [0.1, 0.15) is 12.6 Å². The van der Waals surface area contributed by atoms with Crippen LogP contribution in [0.25, 0.3) is 11.1 Å². The van der Waals surface area contributed by atoms with Crippen molar-refractivity contribution < 1.29 is 9.53 Å². The third-order valence-electron chi connectivity index (χ3n) is 3.08. The predicted octanol–water partition coefficient (Wildman–Crippen LogP) is 2.09. The number of aromatic nitrogens is 3. The maximum absolute atomic E-state index is 11.1. The highest BCUT2D eigenvalue weighted by atomic mass is 35.5. The van der Waals surface area contributed by atoms with Crippen molar-refractivity contribution in [3.63, 3.8) is 0 Å². The molecule has 3 heterocycles. The van der Waals surface area contributed by atoms with Gasteiger partial charge < -0.3 is 10.1 Å². The number of pyridine rings is 1. The number of halogens is 1. The van der Waals surface area contributed by atoms with Gasteiger partial charge in [0.15, 0.2) is 0 Å². The molecule has 0 unspecified atom stereocenters. The van der Waals surface area contributed by atoms with E-state index in [1.54, 1.807) is 12.3 Å². The van der Waals surface area contributed by atoms with Crippen LogP contribution in [0.3, 0.4) is 0 Å². The lowest BCUT2D eigenvalue weighted by molar-refractivity contribution is -0.114. The maximum Gasteiger partial charge on any atom is 0.222 e. The first-order valence-corrected chi connectivity index (χ1v) is 6.59. The normalized spacial score (nSPS) is 13.9. The first kappa shape index (κ1) is 13.1. The van der Waals surface area contributed by atoms with Gasteiger partial charge in [-0.25, -0.2) is 4.98 Å². The molecule has 1 N–H and O–H groups in total. The summed E-state index contributed by atoms with van der Waals surface area (Å²) in [5.74, 6) is 0.291. The quantitative estimate of drug-likeness (QED) is 0.920. The van der Waals surface area contributed by atoms with Crippen LogP contribution in [-0.2, 0) is 22.7 Å². The van der Waals surface area contributed by atoms with Crippen molar-refractivity contribution in [3.05, 3.63) is 29.2 Å². The fourth-order valence-corrected chi connectivity index (χ4v) is 2.40. The third kappa shape index (κ3) is 2.39. The molecule has 0 atom stereocenters. The number of nitrogens with one attached hydrogen (secondary N) is 1. The van der Waals surface area contributed by atoms with E-state index in [0.29, 0.717) is 24.1 Å². The summed E-state index contributed by atoms with van der Waals surface area (Å²) in [6.45, 7) is 3.33. The summed E-state index contributed by atoms with van der Waals surface area (Å²) in [5, 5.41) is 7.50. The molecular weight excluding hydrogens is 280 g/mol. The fourth-order valence-electron chi connectivity index (χ4n) is 2.19. The highest BCUT2D eigenvalue weighted by Gasteiger charge is 2.18. The molecule has 0 saturated carbocycles. The van der Waals surface area contributed by atoms with Crippen molar-refractivity contribution >= 4 is 23.3 Å². The Kier molecular flexibility index (Phi) is 3.42. The van der Waals surface area contributed by atoms with E-state index in [-0.39, 0.29) is 5.91 Å². The molecule has 0 aromatic carbocycles. The van der Waals surface area contributed by atoms with E-state index >= 15 is 0 Å². The molecule has 3 rings (SSSR count). The summed E-state index contributed by atoms with van der Waals surface area (Å²) in [6, 6.07) is 1.75. The first-order chi connectivity index (χ1) is 9.65. The number of nitrogens with zero attached hydrogens (tertiary/aromatic N) is 3. The van der Waals surface area contributed by atoms with E-state index in [1.165, 1.54) is 13.1 Å². The lowest BCUT2D eigenvalue weighted by Crippen LogP contribution is -2.17. The number of fused-ring (bicyclic) bond motifs is 1. The Labute approximate surface area is 120 Å². The van der Waals surface area contributed by atoms with Gasteiger partial charge in [-0.1, -0.05) is 11.6 Å². The number of amides is 1. The number of carbonyl (C=O) groups is 1. The molecule has 1 amide bonds. The van der Waals surface area contributed by atoms with Gasteiger partial charge in [-0.15, -0.1) is 0 Å². The fraction of sp³-hybridized carbons (Fsp3) is 0.308. The van der Waals surface area contributed by atoms with Crippen LogP contribution in [-0.4, -0.2) is 27.3 Å². The van der Waals surface area contributed by atoms with Crippen LogP contribution >= 0.6 is 11.6 Å². The number of hydrogen-bond donors (Lipinski definition) is 1. The lowest BCUT2D eigenvalue weighted by atomic mass is 10.1. The smallest absolute Gasteiger partial charge is 0.222 e. The number of anilines is 1. The third-order valence-corrected chi connectivity index (χ3v) is 3.39. The van der Waals surface area contributed by atoms with Crippen molar-refractivity contribution in [1.82, 2.24) is 14.8 Å². The summed E-state index contributed by atoms with van der Waals surface area (Å²) < 4.78 is 7.37. The SMILES string of the molecule is CC(=O)Nc1cc(-c2cnn3c2COCC3)c(Cl)cn1. The molecule has 7 heteroatoms. The standard InChI is InChI=1S/C13H13ClN4O2/c1-8(19)17-13-4-9(11(14)6-15-13)10-5-16-18-2-3-20-7-12(10)18/h4-6H,2-3,7H2,1H3,(H,15,17,19). The van der Waals surface area contributed by atoms with Gasteiger partial charge in [0.25, 0.3) is 0 Å². The molecule has 0 bridgehead atoms. The molecule has 0 fully saturated rings. The molecule has 1 aliphatic heterocycles. The summed E-state index contributed by atoms with van der Waals surface area (Å²) in [4.78, 5) is 15.2. The molecule has 20 heavy (non-hydrogen) atoms. The Morgan fingerprint density at radius 3 is 3.10 bits per heavy atom. The van der Waals surface area contributed by atoms with Crippen molar-refractivity contribution in [2.75, 3.05) is 11.9 Å². The Balaban J connectivity index is 2.05. The van der Waals surface area contributed by atoms with Crippen molar-refractivity contribution in [2.24, 2.45) is 0 Å². The van der Waals surface area contributed by atoms with Crippen LogP contribution in [0.15, 0.2) is 18.5 Å². The topological polar surface area (TPSA) is 69.0 Å². The molecule has 2 aromatic rings. The zero-order valence-corrected chi connectivity index (χ0v) is 11.6. The van der Waals surface area contributed by atoms with Gasteiger partial charge in [0.1, 0.15) is 5.82 Å². The van der Waals surface area contributed by atoms with E-state index in [2.05, 4.69) is 15.4 Å². The van der Waals surface area contributed by atoms with Crippen LogP contribution in [0.4, 0.5) is 5.82 Å². The second-order valence-electron chi connectivity index (χ2n) is 4.51. The van der Waals surface area contributed by atoms with Gasteiger partial charge in [-0.2, -0.15) is 5.10 Å². The van der Waals surface area contributed by atoms with Crippen LogP contribution in [0, 0.1) is 0 Å². The number of carbonyl (C=O) groups excluding carboxylic acids is 1. The van der Waals surface area contributed by atoms with Crippen LogP contribution < -0.4 is 5.32 Å². The van der Waals surface area contributed by atoms with Crippen molar-refractivity contribution in [2.45, 2.75) is 20.1 Å². The predicted molar refractivity (Wildman–Crippen MR) is 74.4 cm³/mol. The molecular formula is C13H13ClN4O2. The van der Waals surface area contributed by atoms with Gasteiger partial charge in [-0.05, 0) is 6.07 Å². The first-order valence-electron chi connectivity index (χ1n) is 6.21. The van der Waals surface area contributed by atoms with Gasteiger partial charge in [0.05, 0.1) is 36.7 Å². The van der Waals surface area contributed by atoms with Crippen LogP contribution in [0.2, 0.25) is 5.02 Å². The van der Waals surface area contributed by atoms with Gasteiger partial charge in [-0.3, -0.25) is 9.48 Å². The Bertz CT molecular complexity index is 668. The summed E-state index contributed by atoms with van der Waals surface area (Å²) >= 11 is 6.21. The largest absolute Gasteiger partial charge is 0.373 e. The van der Waals surface area contributed by atoms with Crippen molar-refractivity contribution in [1.29, 1.82) is 0 Å². The monoisotopic (exact) mass is 292 g/mol. The summed E-state index contributed by atoms with van der Waals surface area (Å²) in [6.07, 6.45) is 3.29. The van der Waals surface area contributed by atoms with E-state index in [1.807, 2.05) is 4.68 Å². The van der Waals surface area contributed by atoms with Gasteiger partial charge in [0, 0.05) is 24.2 Å². The average Bonchev–Trinajstić information content (AvgIpc) is 2.84. The molecule has 0 spiro atoms. The highest BCUT2D eigenvalue weighted by Crippen LogP contribution is 2.32. The van der Waals surface area contributed by atoms with E-state index < -0.39 is 0 Å². The minimum Gasteiger partial charge on any atom is -0.373 e. The molecule has 6 nitrogen and oxygen atoms in total. The zero-order valence-electron chi connectivity index (χ0n) is 10.9. The number of hydrogen-bond acceptors (Lipinski definition) is 4. The maximum atomic E-state index is 11.1. The molecule has 1 aliphatic rings. The molecule has 104 valence electrons. The van der Waals surface area contributed by atoms with E-state index in [9.17, 15) is 4.79 Å². The lowest BCUT2D eigenvalue weighted by Gasteiger charge is -2.16. The minimum absolute atomic E-state index is 0.175.